The number of benzene rings is 3. The highest BCUT2D eigenvalue weighted by molar-refractivity contribution is 7.89. The second-order valence-electron chi connectivity index (χ2n) is 8.10. The lowest BCUT2D eigenvalue weighted by atomic mass is 9.99. The lowest BCUT2D eigenvalue weighted by Gasteiger charge is -2.33. The summed E-state index contributed by atoms with van der Waals surface area (Å²) < 4.78 is 33.8. The number of anilines is 2. The van der Waals surface area contributed by atoms with Gasteiger partial charge in [-0.1, -0.05) is 36.4 Å². The van der Waals surface area contributed by atoms with Crippen LogP contribution in [0.15, 0.2) is 65.6 Å². The quantitative estimate of drug-likeness (QED) is 0.657. The summed E-state index contributed by atoms with van der Waals surface area (Å²) in [6.45, 7) is 1.24. The molecule has 1 N–H and O–H groups in total. The third-order valence-corrected chi connectivity index (χ3v) is 7.74. The second-order valence-corrected chi connectivity index (χ2v) is 10.2. The Hall–Kier alpha value is -3.36. The first-order valence-electron chi connectivity index (χ1n) is 10.3. The SMILES string of the molecule is CN(C)S(=O)(=O)c1cc2c(cc1N1CCc3ccccc3C1)Oc1ccccc1NC2=O. The number of hydrogen-bond donors (Lipinski definition) is 1. The lowest BCUT2D eigenvalue weighted by molar-refractivity contribution is 0.102. The summed E-state index contributed by atoms with van der Waals surface area (Å²) in [5.74, 6) is 0.437. The van der Waals surface area contributed by atoms with E-state index in [-0.39, 0.29) is 10.5 Å². The number of amides is 1. The highest BCUT2D eigenvalue weighted by Gasteiger charge is 2.31. The molecule has 8 heteroatoms. The Bertz CT molecular complexity index is 1330. The molecule has 3 aromatic rings. The highest BCUT2D eigenvalue weighted by atomic mass is 32.2. The number of ether oxygens (including phenoxy) is 1. The van der Waals surface area contributed by atoms with Crippen molar-refractivity contribution >= 4 is 27.3 Å². The first kappa shape index (κ1) is 20.5. The monoisotopic (exact) mass is 449 g/mol. The minimum absolute atomic E-state index is 0.0883. The Labute approximate surface area is 187 Å². The minimum atomic E-state index is -3.81. The van der Waals surface area contributed by atoms with E-state index in [4.69, 9.17) is 4.74 Å². The van der Waals surface area contributed by atoms with Crippen LogP contribution in [0, 0.1) is 0 Å². The topological polar surface area (TPSA) is 79.0 Å². The number of sulfonamides is 1. The summed E-state index contributed by atoms with van der Waals surface area (Å²) in [7, 11) is -0.837. The van der Waals surface area contributed by atoms with Crippen molar-refractivity contribution in [1.29, 1.82) is 0 Å². The third-order valence-electron chi connectivity index (χ3n) is 5.89. The Balaban J connectivity index is 1.68. The number of carbonyl (C=O) groups is 1. The van der Waals surface area contributed by atoms with Crippen molar-refractivity contribution in [2.24, 2.45) is 0 Å². The molecule has 0 unspecified atom stereocenters. The van der Waals surface area contributed by atoms with Crippen LogP contribution < -0.4 is 15.0 Å². The van der Waals surface area contributed by atoms with Gasteiger partial charge in [-0.05, 0) is 35.7 Å². The smallest absolute Gasteiger partial charge is 0.259 e. The number of nitrogens with one attached hydrogen (secondary N) is 1. The Kier molecular flexibility index (Phi) is 4.91. The summed E-state index contributed by atoms with van der Waals surface area (Å²) in [4.78, 5) is 15.1. The molecule has 0 fully saturated rings. The fraction of sp³-hybridized carbons (Fsp3) is 0.208. The first-order valence-corrected chi connectivity index (χ1v) is 11.8. The summed E-state index contributed by atoms with van der Waals surface area (Å²) >= 11 is 0. The second kappa shape index (κ2) is 7.65. The molecule has 0 spiro atoms. The van der Waals surface area contributed by atoms with Crippen LogP contribution in [0.25, 0.3) is 0 Å². The molecule has 0 radical (unpaired) electrons. The Morgan fingerprint density at radius 2 is 1.69 bits per heavy atom. The molecule has 3 aromatic carbocycles. The molecule has 2 aliphatic rings. The van der Waals surface area contributed by atoms with Gasteiger partial charge in [0.05, 0.1) is 16.9 Å². The third kappa shape index (κ3) is 3.41. The molecule has 0 aliphatic carbocycles. The van der Waals surface area contributed by atoms with Crippen molar-refractivity contribution in [3.05, 3.63) is 77.4 Å². The van der Waals surface area contributed by atoms with Gasteiger partial charge < -0.3 is 15.0 Å². The van der Waals surface area contributed by atoms with Crippen molar-refractivity contribution in [1.82, 2.24) is 4.31 Å². The minimum Gasteiger partial charge on any atom is -0.454 e. The van der Waals surface area contributed by atoms with E-state index >= 15 is 0 Å². The summed E-state index contributed by atoms with van der Waals surface area (Å²) in [5, 5.41) is 2.81. The standard InChI is InChI=1S/C24H23N3O4S/c1-26(2)32(29,30)23-13-18-22(31-21-10-6-5-9-19(21)25-24(18)28)14-20(23)27-12-11-16-7-3-4-8-17(16)15-27/h3-10,13-14H,11-12,15H2,1-2H3,(H,25,28). The largest absolute Gasteiger partial charge is 0.454 e. The molecular formula is C24H23N3O4S. The van der Waals surface area contributed by atoms with Gasteiger partial charge in [0.25, 0.3) is 5.91 Å². The van der Waals surface area contributed by atoms with Crippen LogP contribution in [-0.2, 0) is 23.0 Å². The van der Waals surface area contributed by atoms with E-state index in [2.05, 4.69) is 17.4 Å². The molecule has 32 heavy (non-hydrogen) atoms. The number of fused-ring (bicyclic) bond motifs is 3. The molecule has 164 valence electrons. The zero-order valence-electron chi connectivity index (χ0n) is 17.8. The van der Waals surface area contributed by atoms with E-state index in [9.17, 15) is 13.2 Å². The van der Waals surface area contributed by atoms with Crippen LogP contribution in [0.2, 0.25) is 0 Å². The number of carbonyl (C=O) groups excluding carboxylic acids is 1. The van der Waals surface area contributed by atoms with Crippen LogP contribution in [0.4, 0.5) is 11.4 Å². The van der Waals surface area contributed by atoms with Crippen LogP contribution in [0.1, 0.15) is 21.5 Å². The average molecular weight is 450 g/mol. The molecule has 1 amide bonds. The zero-order chi connectivity index (χ0) is 22.5. The molecule has 5 rings (SSSR count). The van der Waals surface area contributed by atoms with Crippen molar-refractivity contribution in [3.63, 3.8) is 0 Å². The molecule has 2 heterocycles. The van der Waals surface area contributed by atoms with Gasteiger partial charge >= 0.3 is 0 Å². The number of hydrogen-bond acceptors (Lipinski definition) is 5. The maximum atomic E-state index is 13.3. The summed E-state index contributed by atoms with van der Waals surface area (Å²) in [5.41, 5.74) is 3.67. The van der Waals surface area contributed by atoms with Gasteiger partial charge in [0.1, 0.15) is 10.6 Å². The highest BCUT2D eigenvalue weighted by Crippen LogP contribution is 2.41. The normalized spacial score (nSPS) is 15.2. The van der Waals surface area contributed by atoms with E-state index in [1.807, 2.05) is 23.1 Å². The van der Waals surface area contributed by atoms with Crippen LogP contribution >= 0.6 is 0 Å². The van der Waals surface area contributed by atoms with E-state index in [0.717, 1.165) is 12.0 Å². The Morgan fingerprint density at radius 3 is 2.47 bits per heavy atom. The molecule has 0 saturated carbocycles. The number of para-hydroxylation sites is 2. The molecule has 0 atom stereocenters. The maximum Gasteiger partial charge on any atom is 0.259 e. The van der Waals surface area contributed by atoms with Gasteiger partial charge in [-0.3, -0.25) is 4.79 Å². The van der Waals surface area contributed by atoms with Gasteiger partial charge in [-0.2, -0.15) is 0 Å². The maximum absolute atomic E-state index is 13.3. The van der Waals surface area contributed by atoms with Crippen LogP contribution in [0.5, 0.6) is 11.5 Å². The van der Waals surface area contributed by atoms with Gasteiger partial charge in [-0.25, -0.2) is 12.7 Å². The fourth-order valence-electron chi connectivity index (χ4n) is 4.13. The summed E-state index contributed by atoms with van der Waals surface area (Å²) in [6.07, 6.45) is 0.804. The number of nitrogens with zero attached hydrogens (tertiary/aromatic N) is 2. The van der Waals surface area contributed by atoms with Crippen molar-refractivity contribution < 1.29 is 17.9 Å². The molecule has 7 nitrogen and oxygen atoms in total. The van der Waals surface area contributed by atoms with Crippen molar-refractivity contribution in [2.75, 3.05) is 30.9 Å². The molecule has 0 saturated heterocycles. The predicted molar refractivity (Wildman–Crippen MR) is 123 cm³/mol. The fourth-order valence-corrected chi connectivity index (χ4v) is 5.24. The molecular weight excluding hydrogens is 426 g/mol. The van der Waals surface area contributed by atoms with Crippen LogP contribution in [0.3, 0.4) is 0 Å². The number of rotatable bonds is 3. The zero-order valence-corrected chi connectivity index (χ0v) is 18.6. The van der Waals surface area contributed by atoms with E-state index in [1.54, 1.807) is 24.3 Å². The van der Waals surface area contributed by atoms with Crippen molar-refractivity contribution in [3.8, 4) is 11.5 Å². The molecule has 2 aliphatic heterocycles. The first-order chi connectivity index (χ1) is 15.3. The van der Waals surface area contributed by atoms with Gasteiger partial charge in [0.2, 0.25) is 10.0 Å². The molecule has 0 bridgehead atoms. The average Bonchev–Trinajstić information content (AvgIpc) is 2.93. The lowest BCUT2D eigenvalue weighted by Crippen LogP contribution is -2.33. The predicted octanol–water partition coefficient (Wildman–Crippen LogP) is 3.86. The van der Waals surface area contributed by atoms with E-state index in [1.165, 1.54) is 30.0 Å². The van der Waals surface area contributed by atoms with Gasteiger partial charge in [0, 0.05) is 33.3 Å². The van der Waals surface area contributed by atoms with E-state index < -0.39 is 15.9 Å². The van der Waals surface area contributed by atoms with Crippen LogP contribution in [-0.4, -0.2) is 39.3 Å². The Morgan fingerprint density at radius 1 is 0.969 bits per heavy atom. The van der Waals surface area contributed by atoms with Gasteiger partial charge in [-0.15, -0.1) is 0 Å². The van der Waals surface area contributed by atoms with E-state index in [0.29, 0.717) is 36.0 Å². The van der Waals surface area contributed by atoms with Gasteiger partial charge in [0.15, 0.2) is 5.75 Å². The summed E-state index contributed by atoms with van der Waals surface area (Å²) in [6, 6.07) is 18.4. The van der Waals surface area contributed by atoms with Crippen molar-refractivity contribution in [2.45, 2.75) is 17.9 Å². The molecule has 0 aromatic heterocycles.